The summed E-state index contributed by atoms with van der Waals surface area (Å²) in [5.74, 6) is 1.98. The summed E-state index contributed by atoms with van der Waals surface area (Å²) >= 11 is 0. The molecule has 1 aromatic heterocycles. The van der Waals surface area contributed by atoms with E-state index in [4.69, 9.17) is 4.52 Å². The Labute approximate surface area is 101 Å². The lowest BCUT2D eigenvalue weighted by molar-refractivity contribution is 0.191. The molecule has 2 heterocycles. The standard InChI is InChI=1S/C12H19N3O2/c16-9-6-10(13-7-9)12-14-11(15-17-12)8-4-2-1-3-5-8/h8-10,13,16H,1-7H2/t9-,10-/m1/s1. The second-order valence-corrected chi connectivity index (χ2v) is 5.18. The molecule has 0 aromatic carbocycles. The predicted molar refractivity (Wildman–Crippen MR) is 61.5 cm³/mol. The number of hydrogen-bond acceptors (Lipinski definition) is 5. The molecular weight excluding hydrogens is 218 g/mol. The molecular formula is C12H19N3O2. The van der Waals surface area contributed by atoms with Crippen LogP contribution in [-0.4, -0.2) is 27.9 Å². The van der Waals surface area contributed by atoms with Crippen LogP contribution < -0.4 is 5.32 Å². The minimum atomic E-state index is -0.287. The van der Waals surface area contributed by atoms with Crippen LogP contribution in [-0.2, 0) is 0 Å². The number of rotatable bonds is 2. The first-order chi connectivity index (χ1) is 8.33. The fraction of sp³-hybridized carbons (Fsp3) is 0.833. The van der Waals surface area contributed by atoms with Crippen LogP contribution in [0.15, 0.2) is 4.52 Å². The molecule has 2 aliphatic rings. The van der Waals surface area contributed by atoms with E-state index in [1.54, 1.807) is 0 Å². The van der Waals surface area contributed by atoms with Gasteiger partial charge in [-0.05, 0) is 19.3 Å². The van der Waals surface area contributed by atoms with Gasteiger partial charge in [-0.3, -0.25) is 0 Å². The minimum Gasteiger partial charge on any atom is -0.392 e. The van der Waals surface area contributed by atoms with Crippen LogP contribution in [0.25, 0.3) is 0 Å². The van der Waals surface area contributed by atoms with Gasteiger partial charge in [-0.1, -0.05) is 24.4 Å². The molecule has 0 radical (unpaired) electrons. The Balaban J connectivity index is 1.69. The molecule has 17 heavy (non-hydrogen) atoms. The van der Waals surface area contributed by atoms with Crippen molar-refractivity contribution in [3.63, 3.8) is 0 Å². The van der Waals surface area contributed by atoms with E-state index in [1.165, 1.54) is 32.1 Å². The van der Waals surface area contributed by atoms with Crippen LogP contribution in [0.4, 0.5) is 0 Å². The highest BCUT2D eigenvalue weighted by molar-refractivity contribution is 5.01. The summed E-state index contributed by atoms with van der Waals surface area (Å²) in [6.45, 7) is 0.617. The monoisotopic (exact) mass is 237 g/mol. The first-order valence-corrected chi connectivity index (χ1v) is 6.58. The summed E-state index contributed by atoms with van der Waals surface area (Å²) in [6, 6.07) is 0.0369. The third-order valence-electron chi connectivity index (χ3n) is 3.83. The van der Waals surface area contributed by atoms with E-state index in [0.717, 1.165) is 5.82 Å². The van der Waals surface area contributed by atoms with E-state index in [-0.39, 0.29) is 12.1 Å². The highest BCUT2D eigenvalue weighted by atomic mass is 16.5. The van der Waals surface area contributed by atoms with Gasteiger partial charge in [0.1, 0.15) is 0 Å². The van der Waals surface area contributed by atoms with Gasteiger partial charge in [-0.25, -0.2) is 0 Å². The number of aliphatic hydroxyl groups is 1. The average Bonchev–Trinajstić information content (AvgIpc) is 2.98. The van der Waals surface area contributed by atoms with Crippen molar-refractivity contribution in [2.24, 2.45) is 0 Å². The van der Waals surface area contributed by atoms with Crippen LogP contribution in [0.2, 0.25) is 0 Å². The van der Waals surface area contributed by atoms with Crippen LogP contribution in [0.3, 0.4) is 0 Å². The maximum Gasteiger partial charge on any atom is 0.243 e. The van der Waals surface area contributed by atoms with Crippen molar-refractivity contribution >= 4 is 0 Å². The van der Waals surface area contributed by atoms with E-state index in [2.05, 4.69) is 15.5 Å². The fourth-order valence-corrected chi connectivity index (χ4v) is 2.82. The molecule has 1 aliphatic carbocycles. The third kappa shape index (κ3) is 2.35. The molecule has 0 spiro atoms. The molecule has 0 amide bonds. The van der Waals surface area contributed by atoms with E-state index < -0.39 is 0 Å². The SMILES string of the molecule is O[C@H]1CN[C@@H](c2nc(C3CCCCC3)no2)C1. The predicted octanol–water partition coefficient (Wildman–Crippen LogP) is 1.51. The van der Waals surface area contributed by atoms with Gasteiger partial charge < -0.3 is 14.9 Å². The topological polar surface area (TPSA) is 71.2 Å². The van der Waals surface area contributed by atoms with Crippen molar-refractivity contribution in [3.8, 4) is 0 Å². The lowest BCUT2D eigenvalue weighted by Gasteiger charge is -2.17. The number of aliphatic hydroxyl groups excluding tert-OH is 1. The number of hydrogen-bond donors (Lipinski definition) is 2. The molecule has 5 nitrogen and oxygen atoms in total. The second-order valence-electron chi connectivity index (χ2n) is 5.18. The van der Waals surface area contributed by atoms with Crippen molar-refractivity contribution in [2.45, 2.75) is 56.6 Å². The van der Waals surface area contributed by atoms with Gasteiger partial charge in [0.25, 0.3) is 0 Å². The van der Waals surface area contributed by atoms with Gasteiger partial charge in [-0.15, -0.1) is 0 Å². The first-order valence-electron chi connectivity index (χ1n) is 6.58. The number of β-amino-alcohol motifs (C(OH)–C–C–N with tert-alkyl or cyclic N) is 1. The smallest absolute Gasteiger partial charge is 0.243 e. The number of nitrogens with one attached hydrogen (secondary N) is 1. The lowest BCUT2D eigenvalue weighted by Crippen LogP contribution is -2.15. The maximum absolute atomic E-state index is 9.46. The molecule has 2 atom stereocenters. The van der Waals surface area contributed by atoms with Gasteiger partial charge in [0.2, 0.25) is 5.89 Å². The second kappa shape index (κ2) is 4.74. The zero-order valence-corrected chi connectivity index (χ0v) is 9.93. The molecule has 2 N–H and O–H groups in total. The van der Waals surface area contributed by atoms with Crippen molar-refractivity contribution in [1.82, 2.24) is 15.5 Å². The summed E-state index contributed by atoms with van der Waals surface area (Å²) in [7, 11) is 0. The quantitative estimate of drug-likeness (QED) is 0.816. The van der Waals surface area contributed by atoms with Crippen LogP contribution in [0.1, 0.15) is 62.2 Å². The molecule has 1 saturated carbocycles. The minimum absolute atomic E-state index is 0.0369. The van der Waals surface area contributed by atoms with Gasteiger partial charge in [0.05, 0.1) is 12.1 Å². The van der Waals surface area contributed by atoms with Crippen molar-refractivity contribution < 1.29 is 9.63 Å². The summed E-state index contributed by atoms with van der Waals surface area (Å²) in [4.78, 5) is 4.50. The Kier molecular flexibility index (Phi) is 3.11. The van der Waals surface area contributed by atoms with Gasteiger partial charge >= 0.3 is 0 Å². The molecule has 94 valence electrons. The summed E-state index contributed by atoms with van der Waals surface area (Å²) in [6.07, 6.45) is 6.62. The number of nitrogens with zero attached hydrogens (tertiary/aromatic N) is 2. The van der Waals surface area contributed by atoms with Crippen molar-refractivity contribution in [1.29, 1.82) is 0 Å². The molecule has 5 heteroatoms. The Morgan fingerprint density at radius 2 is 2.06 bits per heavy atom. The van der Waals surface area contributed by atoms with Crippen LogP contribution >= 0.6 is 0 Å². The Hall–Kier alpha value is -0.940. The van der Waals surface area contributed by atoms with Crippen molar-refractivity contribution in [2.75, 3.05) is 6.54 Å². The zero-order valence-electron chi connectivity index (χ0n) is 9.93. The van der Waals surface area contributed by atoms with Gasteiger partial charge in [-0.2, -0.15) is 4.98 Å². The fourth-order valence-electron chi connectivity index (χ4n) is 2.82. The summed E-state index contributed by atoms with van der Waals surface area (Å²) in [5, 5.41) is 16.8. The molecule has 3 rings (SSSR count). The maximum atomic E-state index is 9.46. The van der Waals surface area contributed by atoms with E-state index in [0.29, 0.717) is 24.8 Å². The average molecular weight is 237 g/mol. The summed E-state index contributed by atoms with van der Waals surface area (Å²) < 4.78 is 5.32. The molecule has 1 aliphatic heterocycles. The lowest BCUT2D eigenvalue weighted by atomic mass is 9.89. The van der Waals surface area contributed by atoms with Crippen molar-refractivity contribution in [3.05, 3.63) is 11.7 Å². The highest BCUT2D eigenvalue weighted by Crippen LogP contribution is 2.32. The van der Waals surface area contributed by atoms with Gasteiger partial charge in [0.15, 0.2) is 5.82 Å². The zero-order chi connectivity index (χ0) is 11.7. The molecule has 2 fully saturated rings. The Morgan fingerprint density at radius 3 is 2.76 bits per heavy atom. The summed E-state index contributed by atoms with van der Waals surface area (Å²) in [5.41, 5.74) is 0. The Morgan fingerprint density at radius 1 is 1.24 bits per heavy atom. The van der Waals surface area contributed by atoms with E-state index in [9.17, 15) is 5.11 Å². The Bertz CT molecular complexity index is 354. The molecule has 1 saturated heterocycles. The van der Waals surface area contributed by atoms with Gasteiger partial charge in [0, 0.05) is 12.5 Å². The van der Waals surface area contributed by atoms with Crippen LogP contribution in [0.5, 0.6) is 0 Å². The van der Waals surface area contributed by atoms with E-state index in [1.807, 2.05) is 0 Å². The molecule has 0 unspecified atom stereocenters. The first kappa shape index (κ1) is 11.2. The largest absolute Gasteiger partial charge is 0.392 e. The normalized spacial score (nSPS) is 30.9. The molecule has 1 aromatic rings. The third-order valence-corrected chi connectivity index (χ3v) is 3.83. The van der Waals surface area contributed by atoms with Crippen LogP contribution in [0, 0.1) is 0 Å². The van der Waals surface area contributed by atoms with E-state index >= 15 is 0 Å². The highest BCUT2D eigenvalue weighted by Gasteiger charge is 2.29. The molecule has 0 bridgehead atoms. The number of aromatic nitrogens is 2.